The Kier molecular flexibility index (Phi) is 7.30. The molecule has 174 valence electrons. The second-order valence-electron chi connectivity index (χ2n) is 7.65. The average molecular weight is 482 g/mol. The second-order valence-corrected chi connectivity index (χ2v) is 9.81. The molecule has 4 rings (SSSR count). The van der Waals surface area contributed by atoms with Gasteiger partial charge in [-0.05, 0) is 30.7 Å². The second kappa shape index (κ2) is 10.7. The summed E-state index contributed by atoms with van der Waals surface area (Å²) in [4.78, 5) is 11.9. The lowest BCUT2D eigenvalue weighted by Crippen LogP contribution is -2.06. The van der Waals surface area contributed by atoms with E-state index in [-0.39, 0.29) is 12.2 Å². The molecule has 0 aliphatic carbocycles. The van der Waals surface area contributed by atoms with Crippen molar-refractivity contribution in [2.45, 2.75) is 6.92 Å². The molecule has 1 aliphatic heterocycles. The number of hydrogen-bond donors (Lipinski definition) is 1. The van der Waals surface area contributed by atoms with Crippen LogP contribution in [0.15, 0.2) is 102 Å². The molecule has 35 heavy (non-hydrogen) atoms. The van der Waals surface area contributed by atoms with Crippen LogP contribution in [0.25, 0.3) is 17.6 Å². The first-order valence-corrected chi connectivity index (χ1v) is 12.9. The zero-order chi connectivity index (χ0) is 24.7. The zero-order valence-electron chi connectivity index (χ0n) is 19.0. The van der Waals surface area contributed by atoms with Crippen molar-refractivity contribution < 1.29 is 18.8 Å². The molecule has 0 saturated heterocycles. The van der Waals surface area contributed by atoms with E-state index in [2.05, 4.69) is 5.09 Å². The summed E-state index contributed by atoms with van der Waals surface area (Å²) in [6.07, 6.45) is 1.46. The Bertz CT molecular complexity index is 1330. The van der Waals surface area contributed by atoms with Gasteiger partial charge in [-0.1, -0.05) is 72.8 Å². The minimum absolute atomic E-state index is 0.0874. The molecule has 1 aliphatic rings. The smallest absolute Gasteiger partial charge is 0.348 e. The summed E-state index contributed by atoms with van der Waals surface area (Å²) in [5.41, 5.74) is 2.82. The van der Waals surface area contributed by atoms with Gasteiger partial charge in [0.25, 0.3) is 0 Å². The lowest BCUT2D eigenvalue weighted by atomic mass is 10.1. The van der Waals surface area contributed by atoms with E-state index in [0.717, 1.165) is 11.1 Å². The fraction of sp³-hybridized carbons (Fsp3) is 0.0714. The molecule has 0 unspecified atom stereocenters. The van der Waals surface area contributed by atoms with Gasteiger partial charge in [0.2, 0.25) is 7.29 Å². The van der Waals surface area contributed by atoms with Gasteiger partial charge in [0.1, 0.15) is 23.2 Å². The van der Waals surface area contributed by atoms with Crippen LogP contribution in [-0.2, 0) is 18.8 Å². The van der Waals surface area contributed by atoms with Crippen molar-refractivity contribution in [1.29, 1.82) is 5.26 Å². The van der Waals surface area contributed by atoms with Gasteiger partial charge in [-0.25, -0.2) is 4.79 Å². The Morgan fingerprint density at radius 2 is 1.49 bits per heavy atom. The molecular weight excluding hydrogens is 459 g/mol. The first-order chi connectivity index (χ1) is 17.0. The van der Waals surface area contributed by atoms with E-state index in [1.54, 1.807) is 42.8 Å². The van der Waals surface area contributed by atoms with E-state index >= 15 is 0 Å². The summed E-state index contributed by atoms with van der Waals surface area (Å²) in [6.45, 7) is 1.87. The summed E-state index contributed by atoms with van der Waals surface area (Å²) < 4.78 is 25.0. The third-order valence-electron chi connectivity index (χ3n) is 5.10. The molecule has 0 atom stereocenters. The molecule has 0 radical (unpaired) electrons. The number of carbonyl (C=O) groups is 1. The summed E-state index contributed by atoms with van der Waals surface area (Å²) in [6, 6.07) is 27.8. The molecule has 0 aromatic heterocycles. The van der Waals surface area contributed by atoms with Crippen molar-refractivity contribution in [3.8, 4) is 6.07 Å². The number of nitrogens with one attached hydrogen (secondary N) is 1. The van der Waals surface area contributed by atoms with Crippen LogP contribution in [0.2, 0.25) is 0 Å². The molecule has 0 bridgehead atoms. The van der Waals surface area contributed by atoms with Crippen molar-refractivity contribution in [2.24, 2.45) is 0 Å². The van der Waals surface area contributed by atoms with Gasteiger partial charge < -0.3 is 14.6 Å². The summed E-state index contributed by atoms with van der Waals surface area (Å²) in [5.74, 6) is 3.60. The van der Waals surface area contributed by atoms with Gasteiger partial charge in [0.15, 0.2) is 0 Å². The van der Waals surface area contributed by atoms with E-state index < -0.39 is 13.3 Å². The highest BCUT2D eigenvalue weighted by molar-refractivity contribution is 7.72. The molecule has 0 spiro atoms. The molecule has 6 nitrogen and oxygen atoms in total. The number of carbonyl (C=O) groups excluding carboxylic acids is 1. The SMILES string of the molecule is CCOC(=O)C(C#N)=Cc1ccc(NP2(=O)C=C(c3ccccc3)OC(c3ccccc3)=C2)cc1. The summed E-state index contributed by atoms with van der Waals surface area (Å²) >= 11 is 0. The summed E-state index contributed by atoms with van der Waals surface area (Å²) in [5, 5.41) is 12.4. The predicted molar refractivity (Wildman–Crippen MR) is 138 cm³/mol. The highest BCUT2D eigenvalue weighted by Crippen LogP contribution is 2.56. The quantitative estimate of drug-likeness (QED) is 0.171. The van der Waals surface area contributed by atoms with Crippen LogP contribution in [0.1, 0.15) is 23.6 Å². The minimum atomic E-state index is -3.19. The highest BCUT2D eigenvalue weighted by Gasteiger charge is 2.27. The van der Waals surface area contributed by atoms with Crippen molar-refractivity contribution >= 4 is 36.5 Å². The minimum Gasteiger partial charge on any atom is -0.462 e. The van der Waals surface area contributed by atoms with E-state index in [1.165, 1.54) is 6.08 Å². The molecule has 1 N–H and O–H groups in total. The zero-order valence-corrected chi connectivity index (χ0v) is 19.9. The monoisotopic (exact) mass is 482 g/mol. The molecule has 0 saturated carbocycles. The van der Waals surface area contributed by atoms with Gasteiger partial charge in [-0.3, -0.25) is 4.57 Å². The largest absolute Gasteiger partial charge is 0.462 e. The summed E-state index contributed by atoms with van der Waals surface area (Å²) in [7, 11) is -3.19. The maximum absolute atomic E-state index is 14.0. The normalized spacial score (nSPS) is 14.6. The van der Waals surface area contributed by atoms with Crippen LogP contribution in [0.3, 0.4) is 0 Å². The highest BCUT2D eigenvalue weighted by atomic mass is 31.2. The Morgan fingerprint density at radius 1 is 0.943 bits per heavy atom. The maximum Gasteiger partial charge on any atom is 0.348 e. The van der Waals surface area contributed by atoms with E-state index in [0.29, 0.717) is 22.8 Å². The third kappa shape index (κ3) is 5.97. The molecular formula is C28H23N2O4P. The maximum atomic E-state index is 14.0. The Labute approximate surface area is 204 Å². The number of benzene rings is 3. The van der Waals surface area contributed by atoms with Gasteiger partial charge in [0, 0.05) is 28.4 Å². The first-order valence-electron chi connectivity index (χ1n) is 11.0. The number of esters is 1. The standard InChI is InChI=1S/C28H23N2O4P/c1-2-33-28(31)24(18-29)17-21-13-15-25(16-14-21)30-35(32)19-26(22-9-5-3-6-10-22)34-27(20-35)23-11-7-4-8-12-23/h3-17,19-20H,2H2,1H3,(H,30,32). The number of anilines is 1. The van der Waals surface area contributed by atoms with Crippen molar-refractivity contribution in [3.63, 3.8) is 0 Å². The average Bonchev–Trinajstić information content (AvgIpc) is 2.89. The van der Waals surface area contributed by atoms with Gasteiger partial charge in [-0.2, -0.15) is 5.26 Å². The lowest BCUT2D eigenvalue weighted by molar-refractivity contribution is -0.137. The molecule has 1 heterocycles. The first kappa shape index (κ1) is 23.8. The van der Waals surface area contributed by atoms with Gasteiger partial charge in [0.05, 0.1) is 6.61 Å². The Hall–Kier alpha value is -4.33. The van der Waals surface area contributed by atoms with Crippen molar-refractivity contribution in [2.75, 3.05) is 11.7 Å². The number of nitrogens with zero attached hydrogens (tertiary/aromatic N) is 1. The molecule has 3 aromatic rings. The number of nitriles is 1. The molecule has 3 aromatic carbocycles. The fourth-order valence-electron chi connectivity index (χ4n) is 3.46. The van der Waals surface area contributed by atoms with E-state index in [1.807, 2.05) is 66.7 Å². The number of ether oxygens (including phenoxy) is 2. The van der Waals surface area contributed by atoms with Crippen LogP contribution in [0, 0.1) is 11.3 Å². The topological polar surface area (TPSA) is 88.4 Å². The molecule has 0 fully saturated rings. The van der Waals surface area contributed by atoms with Crippen LogP contribution in [-0.4, -0.2) is 12.6 Å². The lowest BCUT2D eigenvalue weighted by Gasteiger charge is -2.24. The fourth-order valence-corrected chi connectivity index (χ4v) is 5.32. The van der Waals surface area contributed by atoms with Gasteiger partial charge in [-0.15, -0.1) is 0 Å². The van der Waals surface area contributed by atoms with E-state index in [9.17, 15) is 14.6 Å². The van der Waals surface area contributed by atoms with Crippen LogP contribution >= 0.6 is 7.29 Å². The van der Waals surface area contributed by atoms with Gasteiger partial charge >= 0.3 is 5.97 Å². The van der Waals surface area contributed by atoms with E-state index in [4.69, 9.17) is 9.47 Å². The van der Waals surface area contributed by atoms with Crippen LogP contribution < -0.4 is 5.09 Å². The van der Waals surface area contributed by atoms with Crippen LogP contribution in [0.4, 0.5) is 5.69 Å². The third-order valence-corrected chi connectivity index (χ3v) is 6.94. The van der Waals surface area contributed by atoms with Crippen LogP contribution in [0.5, 0.6) is 0 Å². The Morgan fingerprint density at radius 3 is 1.97 bits per heavy atom. The molecule has 0 amide bonds. The number of rotatable bonds is 7. The Balaban J connectivity index is 1.64. The van der Waals surface area contributed by atoms with Crippen molar-refractivity contribution in [1.82, 2.24) is 0 Å². The predicted octanol–water partition coefficient (Wildman–Crippen LogP) is 6.87. The number of hydrogen-bond acceptors (Lipinski definition) is 5. The van der Waals surface area contributed by atoms with Crippen molar-refractivity contribution in [3.05, 3.63) is 119 Å². The molecule has 7 heteroatoms.